The molecular weight excluding hydrogens is 312 g/mol. The van der Waals surface area contributed by atoms with E-state index in [2.05, 4.69) is 4.40 Å². The van der Waals surface area contributed by atoms with Crippen molar-refractivity contribution in [3.05, 3.63) is 29.6 Å². The van der Waals surface area contributed by atoms with Gasteiger partial charge in [0.05, 0.1) is 0 Å². The summed E-state index contributed by atoms with van der Waals surface area (Å²) in [7, 11) is -0.466. The molecular formula is C13H14N2O4S2. The minimum absolute atomic E-state index is 0.0886. The Bertz CT molecular complexity index is 779. The van der Waals surface area contributed by atoms with Crippen LogP contribution in [0.3, 0.4) is 0 Å². The summed E-state index contributed by atoms with van der Waals surface area (Å²) in [6.07, 6.45) is 1.22. The standard InChI is InChI=1S/C13H14N2O4S2/c1-15(2)8-14-21(18,19)13-10(5-6-20-13)9-3-4-11(16)12(17)7-9/h3-8,16-17H,1-2H3. The van der Waals surface area contributed by atoms with Gasteiger partial charge in [-0.15, -0.1) is 15.7 Å². The van der Waals surface area contributed by atoms with E-state index in [0.29, 0.717) is 11.1 Å². The molecule has 0 radical (unpaired) electrons. The van der Waals surface area contributed by atoms with Crippen molar-refractivity contribution in [2.45, 2.75) is 4.21 Å². The fourth-order valence-corrected chi connectivity index (χ4v) is 3.90. The highest BCUT2D eigenvalue weighted by molar-refractivity contribution is 7.92. The van der Waals surface area contributed by atoms with E-state index in [4.69, 9.17) is 0 Å². The van der Waals surface area contributed by atoms with Gasteiger partial charge in [0.25, 0.3) is 10.0 Å². The van der Waals surface area contributed by atoms with E-state index in [0.717, 1.165) is 11.3 Å². The lowest BCUT2D eigenvalue weighted by atomic mass is 10.1. The monoisotopic (exact) mass is 326 g/mol. The number of rotatable bonds is 4. The maximum atomic E-state index is 12.2. The molecule has 0 spiro atoms. The average molecular weight is 326 g/mol. The Kier molecular flexibility index (Phi) is 4.19. The summed E-state index contributed by atoms with van der Waals surface area (Å²) in [6.45, 7) is 0. The van der Waals surface area contributed by atoms with Gasteiger partial charge in [-0.3, -0.25) is 0 Å². The van der Waals surface area contributed by atoms with Gasteiger partial charge >= 0.3 is 0 Å². The number of nitrogens with zero attached hydrogens (tertiary/aromatic N) is 2. The minimum Gasteiger partial charge on any atom is -0.504 e. The molecule has 0 unspecified atom stereocenters. The lowest BCUT2D eigenvalue weighted by Gasteiger charge is -2.06. The topological polar surface area (TPSA) is 90.2 Å². The van der Waals surface area contributed by atoms with Gasteiger partial charge in [0.15, 0.2) is 11.5 Å². The molecule has 0 amide bonds. The number of thiophene rings is 1. The van der Waals surface area contributed by atoms with Crippen LogP contribution in [0.4, 0.5) is 0 Å². The van der Waals surface area contributed by atoms with Gasteiger partial charge in [-0.2, -0.15) is 8.42 Å². The molecule has 1 aromatic carbocycles. The number of benzene rings is 1. The molecule has 2 aromatic rings. The lowest BCUT2D eigenvalue weighted by Crippen LogP contribution is -2.10. The Labute approximate surface area is 126 Å². The second-order valence-corrected chi connectivity index (χ2v) is 7.23. The van der Waals surface area contributed by atoms with Gasteiger partial charge in [0.1, 0.15) is 10.5 Å². The molecule has 21 heavy (non-hydrogen) atoms. The van der Waals surface area contributed by atoms with Gasteiger partial charge < -0.3 is 15.1 Å². The van der Waals surface area contributed by atoms with Gasteiger partial charge in [0, 0.05) is 19.7 Å². The van der Waals surface area contributed by atoms with Crippen LogP contribution in [0.25, 0.3) is 11.1 Å². The summed E-state index contributed by atoms with van der Waals surface area (Å²) in [5.74, 6) is -0.567. The van der Waals surface area contributed by atoms with E-state index >= 15 is 0 Å². The van der Waals surface area contributed by atoms with Crippen LogP contribution < -0.4 is 0 Å². The Morgan fingerprint density at radius 1 is 1.19 bits per heavy atom. The predicted molar refractivity (Wildman–Crippen MR) is 82.4 cm³/mol. The molecule has 6 nitrogen and oxygen atoms in total. The van der Waals surface area contributed by atoms with Crippen molar-refractivity contribution in [1.82, 2.24) is 4.90 Å². The minimum atomic E-state index is -3.81. The van der Waals surface area contributed by atoms with E-state index in [1.807, 2.05) is 0 Å². The van der Waals surface area contributed by atoms with Gasteiger partial charge in [-0.05, 0) is 29.1 Å². The fourth-order valence-electron chi connectivity index (χ4n) is 1.60. The summed E-state index contributed by atoms with van der Waals surface area (Å²) in [4.78, 5) is 1.53. The maximum Gasteiger partial charge on any atom is 0.293 e. The first kappa shape index (κ1) is 15.3. The third-order valence-corrected chi connectivity index (χ3v) is 5.25. The molecule has 1 aromatic heterocycles. The van der Waals surface area contributed by atoms with E-state index < -0.39 is 10.0 Å². The highest BCUT2D eigenvalue weighted by atomic mass is 32.2. The van der Waals surface area contributed by atoms with Crippen molar-refractivity contribution in [1.29, 1.82) is 0 Å². The highest BCUT2D eigenvalue weighted by Crippen LogP contribution is 2.36. The zero-order valence-corrected chi connectivity index (χ0v) is 13.0. The van der Waals surface area contributed by atoms with E-state index in [1.54, 1.807) is 25.5 Å². The molecule has 0 atom stereocenters. The molecule has 0 aliphatic carbocycles. The number of phenols is 2. The smallest absolute Gasteiger partial charge is 0.293 e. The molecule has 0 saturated heterocycles. The second kappa shape index (κ2) is 5.74. The van der Waals surface area contributed by atoms with Crippen LogP contribution in [0.15, 0.2) is 38.3 Å². The van der Waals surface area contributed by atoms with Crippen LogP contribution >= 0.6 is 11.3 Å². The normalized spacial score (nSPS) is 11.9. The molecule has 1 heterocycles. The summed E-state index contributed by atoms with van der Waals surface area (Å²) in [5, 5.41) is 20.5. The molecule has 0 saturated carbocycles. The molecule has 8 heteroatoms. The first-order valence-corrected chi connectivity index (χ1v) is 8.20. The van der Waals surface area contributed by atoms with Crippen molar-refractivity contribution in [2.24, 2.45) is 4.40 Å². The van der Waals surface area contributed by atoms with Crippen LogP contribution in [-0.2, 0) is 10.0 Å². The highest BCUT2D eigenvalue weighted by Gasteiger charge is 2.20. The Morgan fingerprint density at radius 3 is 2.52 bits per heavy atom. The lowest BCUT2D eigenvalue weighted by molar-refractivity contribution is 0.404. The molecule has 0 bridgehead atoms. The van der Waals surface area contributed by atoms with Crippen molar-refractivity contribution in [2.75, 3.05) is 14.1 Å². The molecule has 0 fully saturated rings. The second-order valence-electron chi connectivity index (χ2n) is 4.48. The van der Waals surface area contributed by atoms with Crippen molar-refractivity contribution < 1.29 is 18.6 Å². The number of phenolic OH excluding ortho intramolecular Hbond substituents is 2. The number of aromatic hydroxyl groups is 2. The zero-order valence-electron chi connectivity index (χ0n) is 11.4. The quantitative estimate of drug-likeness (QED) is 0.510. The largest absolute Gasteiger partial charge is 0.504 e. The maximum absolute atomic E-state index is 12.2. The molecule has 112 valence electrons. The third-order valence-electron chi connectivity index (χ3n) is 2.57. The third kappa shape index (κ3) is 3.34. The Morgan fingerprint density at radius 2 is 1.90 bits per heavy atom. The van der Waals surface area contributed by atoms with Gasteiger partial charge in [-0.25, -0.2) is 0 Å². The van der Waals surface area contributed by atoms with Crippen LogP contribution in [-0.4, -0.2) is 44.0 Å². The summed E-state index contributed by atoms with van der Waals surface area (Å²) >= 11 is 1.05. The summed E-state index contributed by atoms with van der Waals surface area (Å²) < 4.78 is 28.1. The number of hydrogen-bond donors (Lipinski definition) is 2. The van der Waals surface area contributed by atoms with Gasteiger partial charge in [-0.1, -0.05) is 6.07 Å². The molecule has 2 rings (SSSR count). The molecule has 0 aliphatic rings. The van der Waals surface area contributed by atoms with Gasteiger partial charge in [0.2, 0.25) is 0 Å². The Hall–Kier alpha value is -2.06. The van der Waals surface area contributed by atoms with Crippen molar-refractivity contribution >= 4 is 27.7 Å². The fraction of sp³-hybridized carbons (Fsp3) is 0.154. The van der Waals surface area contributed by atoms with Crippen LogP contribution in [0.2, 0.25) is 0 Å². The van der Waals surface area contributed by atoms with E-state index in [1.165, 1.54) is 29.4 Å². The number of hydrogen-bond acceptors (Lipinski definition) is 5. The Balaban J connectivity index is 2.50. The SMILES string of the molecule is CN(C)C=NS(=O)(=O)c1sccc1-c1ccc(O)c(O)c1. The summed E-state index contributed by atoms with van der Waals surface area (Å²) in [6, 6.07) is 5.79. The van der Waals surface area contributed by atoms with Crippen LogP contribution in [0.1, 0.15) is 0 Å². The zero-order chi connectivity index (χ0) is 15.6. The number of sulfonamides is 1. The van der Waals surface area contributed by atoms with Crippen LogP contribution in [0.5, 0.6) is 11.5 Å². The van der Waals surface area contributed by atoms with Crippen LogP contribution in [0, 0.1) is 0 Å². The van der Waals surface area contributed by atoms with Crippen molar-refractivity contribution in [3.8, 4) is 22.6 Å². The predicted octanol–water partition coefficient (Wildman–Crippen LogP) is 2.10. The first-order valence-electron chi connectivity index (χ1n) is 5.88. The first-order chi connectivity index (χ1) is 9.81. The summed E-state index contributed by atoms with van der Waals surface area (Å²) in [5.41, 5.74) is 0.927. The van der Waals surface area contributed by atoms with E-state index in [9.17, 15) is 18.6 Å². The molecule has 0 aliphatic heterocycles. The van der Waals surface area contributed by atoms with Crippen molar-refractivity contribution in [3.63, 3.8) is 0 Å². The van der Waals surface area contributed by atoms with E-state index in [-0.39, 0.29) is 15.7 Å². The average Bonchev–Trinajstić information content (AvgIpc) is 2.90. The molecule has 2 N–H and O–H groups in total.